The van der Waals surface area contributed by atoms with E-state index in [0.29, 0.717) is 0 Å². The average molecular weight is 178 g/mol. The highest BCUT2D eigenvalue weighted by atomic mass is 33.1. The number of rotatable bonds is 0. The first-order valence-corrected chi connectivity index (χ1v) is 5.54. The van der Waals surface area contributed by atoms with Crippen molar-refractivity contribution in [1.82, 2.24) is 10.0 Å². The summed E-state index contributed by atoms with van der Waals surface area (Å²) in [6, 6.07) is -0.0700. The topological polar surface area (TPSA) is 41.1 Å². The molecule has 0 aromatic rings. The predicted octanol–water partition coefficient (Wildman–Crippen LogP) is 1.38. The maximum Gasteiger partial charge on any atom is 0.325 e. The molecule has 0 radical (unpaired) electrons. The van der Waals surface area contributed by atoms with Gasteiger partial charge in [-0.1, -0.05) is 10.8 Å². The van der Waals surface area contributed by atoms with Crippen LogP contribution < -0.4 is 10.0 Å². The second-order valence-corrected chi connectivity index (χ2v) is 4.19. The van der Waals surface area contributed by atoms with E-state index in [1.54, 1.807) is 10.8 Å². The van der Waals surface area contributed by atoms with Gasteiger partial charge < -0.3 is 5.32 Å². The number of carbonyl (C=O) groups excluding carboxylic acids is 1. The lowest BCUT2D eigenvalue weighted by atomic mass is 10.3. The maximum absolute atomic E-state index is 10.7. The summed E-state index contributed by atoms with van der Waals surface area (Å²) in [6.45, 7) is 0.799. The zero-order valence-corrected chi connectivity index (χ0v) is 7.19. The van der Waals surface area contributed by atoms with Crippen molar-refractivity contribution in [3.8, 4) is 0 Å². The van der Waals surface area contributed by atoms with Gasteiger partial charge in [0.25, 0.3) is 0 Å². The monoisotopic (exact) mass is 178 g/mol. The molecule has 1 rings (SSSR count). The lowest BCUT2D eigenvalue weighted by molar-refractivity contribution is 0.246. The van der Waals surface area contributed by atoms with Gasteiger partial charge in [0.2, 0.25) is 0 Å². The Labute approximate surface area is 68.2 Å². The van der Waals surface area contributed by atoms with Gasteiger partial charge in [-0.25, -0.2) is 4.79 Å². The van der Waals surface area contributed by atoms with Crippen LogP contribution in [0.15, 0.2) is 0 Å². The summed E-state index contributed by atoms with van der Waals surface area (Å²) in [5.41, 5.74) is 0. The van der Waals surface area contributed by atoms with Crippen molar-refractivity contribution in [2.45, 2.75) is 12.8 Å². The van der Waals surface area contributed by atoms with Crippen LogP contribution in [0.4, 0.5) is 4.79 Å². The van der Waals surface area contributed by atoms with E-state index in [0.717, 1.165) is 18.7 Å². The molecule has 1 aliphatic heterocycles. The quantitative estimate of drug-likeness (QED) is 0.435. The van der Waals surface area contributed by atoms with Crippen molar-refractivity contribution in [2.75, 3.05) is 12.3 Å². The zero-order chi connectivity index (χ0) is 7.23. The third kappa shape index (κ3) is 3.22. The van der Waals surface area contributed by atoms with Crippen molar-refractivity contribution < 1.29 is 4.79 Å². The largest absolute Gasteiger partial charge is 0.337 e. The van der Waals surface area contributed by atoms with Gasteiger partial charge in [-0.2, -0.15) is 0 Å². The first kappa shape index (κ1) is 8.07. The molecule has 2 amide bonds. The molecule has 1 saturated heterocycles. The number of amides is 2. The van der Waals surface area contributed by atoms with E-state index in [1.165, 1.54) is 17.4 Å². The van der Waals surface area contributed by atoms with Gasteiger partial charge in [0.05, 0.1) is 0 Å². The summed E-state index contributed by atoms with van der Waals surface area (Å²) in [7, 11) is 3.10. The fraction of sp³-hybridized carbons (Fsp3) is 0.800. The van der Waals surface area contributed by atoms with E-state index in [2.05, 4.69) is 10.0 Å². The molecule has 0 aromatic carbocycles. The molecule has 3 nitrogen and oxygen atoms in total. The molecule has 0 bridgehead atoms. The van der Waals surface area contributed by atoms with Gasteiger partial charge in [0.1, 0.15) is 0 Å². The Morgan fingerprint density at radius 3 is 3.20 bits per heavy atom. The van der Waals surface area contributed by atoms with Gasteiger partial charge in [-0.15, -0.1) is 0 Å². The predicted molar refractivity (Wildman–Crippen MR) is 45.8 cm³/mol. The van der Waals surface area contributed by atoms with E-state index in [-0.39, 0.29) is 6.03 Å². The van der Waals surface area contributed by atoms with Crippen molar-refractivity contribution in [3.05, 3.63) is 0 Å². The van der Waals surface area contributed by atoms with Crippen LogP contribution in [0, 0.1) is 0 Å². The Morgan fingerprint density at radius 1 is 1.40 bits per heavy atom. The molecular formula is C5H10N2OS2. The second-order valence-electron chi connectivity index (χ2n) is 1.97. The molecule has 0 saturated carbocycles. The van der Waals surface area contributed by atoms with Gasteiger partial charge in [0.15, 0.2) is 0 Å². The Bertz CT molecular complexity index is 108. The second kappa shape index (κ2) is 4.73. The van der Waals surface area contributed by atoms with Crippen molar-refractivity contribution in [1.29, 1.82) is 0 Å². The highest BCUT2D eigenvalue weighted by molar-refractivity contribution is 8.76. The van der Waals surface area contributed by atoms with Crippen LogP contribution >= 0.6 is 21.8 Å². The summed E-state index contributed by atoms with van der Waals surface area (Å²) in [4.78, 5) is 10.7. The highest BCUT2D eigenvalue weighted by Crippen LogP contribution is 2.19. The molecule has 0 aromatic heterocycles. The van der Waals surface area contributed by atoms with Gasteiger partial charge in [-0.3, -0.25) is 4.72 Å². The van der Waals surface area contributed by atoms with Gasteiger partial charge in [-0.05, 0) is 12.8 Å². The molecule has 0 spiro atoms. The number of hydrogen-bond donors (Lipinski definition) is 2. The number of carbonyl (C=O) groups is 1. The Kier molecular flexibility index (Phi) is 3.82. The number of hydrogen-bond acceptors (Lipinski definition) is 3. The van der Waals surface area contributed by atoms with Crippen LogP contribution in [-0.2, 0) is 0 Å². The third-order valence-electron chi connectivity index (χ3n) is 1.13. The summed E-state index contributed by atoms with van der Waals surface area (Å²) in [5, 5.41) is 2.74. The van der Waals surface area contributed by atoms with E-state index >= 15 is 0 Å². The molecule has 10 heavy (non-hydrogen) atoms. The summed E-state index contributed by atoms with van der Waals surface area (Å²) < 4.78 is 2.65. The number of urea groups is 1. The zero-order valence-electron chi connectivity index (χ0n) is 5.55. The van der Waals surface area contributed by atoms with E-state index in [4.69, 9.17) is 0 Å². The van der Waals surface area contributed by atoms with Crippen molar-refractivity contribution in [2.24, 2.45) is 0 Å². The third-order valence-corrected chi connectivity index (χ3v) is 3.08. The van der Waals surface area contributed by atoms with Crippen molar-refractivity contribution in [3.63, 3.8) is 0 Å². The minimum atomic E-state index is -0.0700. The van der Waals surface area contributed by atoms with Crippen LogP contribution in [0.2, 0.25) is 0 Å². The van der Waals surface area contributed by atoms with E-state index in [1.807, 2.05) is 0 Å². The first-order valence-electron chi connectivity index (χ1n) is 3.22. The van der Waals surface area contributed by atoms with E-state index < -0.39 is 0 Å². The normalized spacial score (nSPS) is 21.4. The molecule has 0 unspecified atom stereocenters. The molecule has 58 valence electrons. The van der Waals surface area contributed by atoms with E-state index in [9.17, 15) is 4.79 Å². The highest BCUT2D eigenvalue weighted by Gasteiger charge is 2.01. The van der Waals surface area contributed by atoms with Crippen LogP contribution in [-0.4, -0.2) is 18.3 Å². The van der Waals surface area contributed by atoms with Crippen LogP contribution in [0.1, 0.15) is 12.8 Å². The molecule has 5 heteroatoms. The smallest absolute Gasteiger partial charge is 0.325 e. The number of nitrogens with one attached hydrogen (secondary N) is 2. The molecule has 1 fully saturated rings. The minimum Gasteiger partial charge on any atom is -0.337 e. The molecule has 0 atom stereocenters. The van der Waals surface area contributed by atoms with Crippen LogP contribution in [0.3, 0.4) is 0 Å². The summed E-state index contributed by atoms with van der Waals surface area (Å²) in [6.07, 6.45) is 2.26. The van der Waals surface area contributed by atoms with Crippen LogP contribution in [0.5, 0.6) is 0 Å². The first-order chi connectivity index (χ1) is 4.89. The SMILES string of the molecule is O=C1NCCCCSSN1. The minimum absolute atomic E-state index is 0.0700. The molecule has 1 heterocycles. The molecule has 1 aliphatic rings. The Balaban J connectivity index is 2.21. The van der Waals surface area contributed by atoms with Gasteiger partial charge in [0, 0.05) is 23.3 Å². The fourth-order valence-electron chi connectivity index (χ4n) is 0.633. The summed E-state index contributed by atoms with van der Waals surface area (Å²) >= 11 is 0. The fourth-order valence-corrected chi connectivity index (χ4v) is 2.25. The molecule has 2 N–H and O–H groups in total. The average Bonchev–Trinajstić information content (AvgIpc) is 2.02. The van der Waals surface area contributed by atoms with Gasteiger partial charge >= 0.3 is 6.03 Å². The van der Waals surface area contributed by atoms with Crippen LogP contribution in [0.25, 0.3) is 0 Å². The molecule has 0 aliphatic carbocycles. The van der Waals surface area contributed by atoms with Crippen molar-refractivity contribution >= 4 is 27.8 Å². The molecular weight excluding hydrogens is 168 g/mol. The standard InChI is InChI=1S/C5H10N2OS2/c8-5-6-3-1-2-4-9-10-7-5/h1-4H2,(H2,6,7,8). The maximum atomic E-state index is 10.7. The summed E-state index contributed by atoms with van der Waals surface area (Å²) in [5.74, 6) is 1.12. The lowest BCUT2D eigenvalue weighted by Crippen LogP contribution is -2.30. The lowest BCUT2D eigenvalue weighted by Gasteiger charge is -2.00. The Hall–Kier alpha value is -0.0300. The Morgan fingerprint density at radius 2 is 2.30 bits per heavy atom.